The van der Waals surface area contributed by atoms with E-state index in [0.717, 1.165) is 25.2 Å². The van der Waals surface area contributed by atoms with E-state index in [1.165, 1.54) is 17.7 Å². The van der Waals surface area contributed by atoms with Crippen molar-refractivity contribution >= 4 is 5.91 Å². The Morgan fingerprint density at radius 1 is 1.15 bits per heavy atom. The first kappa shape index (κ1) is 18.5. The number of rotatable bonds is 8. The van der Waals surface area contributed by atoms with Gasteiger partial charge in [-0.3, -0.25) is 15.1 Å². The predicted octanol–water partition coefficient (Wildman–Crippen LogP) is 1.97. The molecule has 3 rings (SSSR count). The van der Waals surface area contributed by atoms with Gasteiger partial charge in [0.05, 0.1) is 6.04 Å². The molecule has 0 aliphatic carbocycles. The lowest BCUT2D eigenvalue weighted by Gasteiger charge is -2.28. The standard InChI is InChI=1S/C20H25FN4O/c21-18-8-6-16(7-9-18)20-17(12-23-24-20)14-25(11-10-19(22)26)13-15-4-2-1-3-5-15/h1-9,17,20,23-24H,10-14H2,(H2,22,26). The summed E-state index contributed by atoms with van der Waals surface area (Å²) in [6.45, 7) is 3.01. The summed E-state index contributed by atoms with van der Waals surface area (Å²) in [5.74, 6) is -0.221. The minimum Gasteiger partial charge on any atom is -0.370 e. The number of hydrogen-bond acceptors (Lipinski definition) is 4. The van der Waals surface area contributed by atoms with Crippen molar-refractivity contribution in [3.8, 4) is 0 Å². The van der Waals surface area contributed by atoms with Crippen molar-refractivity contribution < 1.29 is 9.18 Å². The van der Waals surface area contributed by atoms with Crippen LogP contribution in [0.15, 0.2) is 54.6 Å². The molecule has 1 saturated heterocycles. The maximum Gasteiger partial charge on any atom is 0.218 e. The van der Waals surface area contributed by atoms with Gasteiger partial charge in [0.2, 0.25) is 5.91 Å². The molecule has 6 heteroatoms. The van der Waals surface area contributed by atoms with Crippen LogP contribution in [0.3, 0.4) is 0 Å². The van der Waals surface area contributed by atoms with Crippen LogP contribution in [0.4, 0.5) is 4.39 Å². The number of halogens is 1. The van der Waals surface area contributed by atoms with Crippen LogP contribution in [0.5, 0.6) is 0 Å². The van der Waals surface area contributed by atoms with Crippen LogP contribution in [0.1, 0.15) is 23.6 Å². The highest BCUT2D eigenvalue weighted by Crippen LogP contribution is 2.26. The van der Waals surface area contributed by atoms with Crippen molar-refractivity contribution in [2.75, 3.05) is 19.6 Å². The number of hydrazine groups is 1. The Bertz CT molecular complexity index is 708. The fraction of sp³-hybridized carbons (Fsp3) is 0.350. The summed E-state index contributed by atoms with van der Waals surface area (Å²) in [5.41, 5.74) is 14.1. The first-order chi connectivity index (χ1) is 12.6. The summed E-state index contributed by atoms with van der Waals surface area (Å²) in [6.07, 6.45) is 0.335. The van der Waals surface area contributed by atoms with E-state index >= 15 is 0 Å². The zero-order valence-corrected chi connectivity index (χ0v) is 14.7. The summed E-state index contributed by atoms with van der Waals surface area (Å²) in [5, 5.41) is 0. The summed E-state index contributed by atoms with van der Waals surface area (Å²) >= 11 is 0. The van der Waals surface area contributed by atoms with Crippen LogP contribution in [0.25, 0.3) is 0 Å². The first-order valence-corrected chi connectivity index (χ1v) is 8.90. The number of hydrogen-bond donors (Lipinski definition) is 3. The van der Waals surface area contributed by atoms with Crippen molar-refractivity contribution in [2.45, 2.75) is 19.0 Å². The zero-order valence-electron chi connectivity index (χ0n) is 14.7. The molecule has 1 heterocycles. The van der Waals surface area contributed by atoms with E-state index in [-0.39, 0.29) is 17.8 Å². The molecular weight excluding hydrogens is 331 g/mol. The summed E-state index contributed by atoms with van der Waals surface area (Å²) in [7, 11) is 0. The van der Waals surface area contributed by atoms with Crippen molar-refractivity contribution in [3.63, 3.8) is 0 Å². The number of carbonyl (C=O) groups is 1. The fourth-order valence-electron chi connectivity index (χ4n) is 3.41. The molecule has 2 unspecified atom stereocenters. The maximum absolute atomic E-state index is 13.2. The Morgan fingerprint density at radius 2 is 1.88 bits per heavy atom. The summed E-state index contributed by atoms with van der Waals surface area (Å²) in [6, 6.07) is 16.9. The van der Waals surface area contributed by atoms with Crippen LogP contribution in [-0.4, -0.2) is 30.4 Å². The number of nitrogens with two attached hydrogens (primary N) is 1. The first-order valence-electron chi connectivity index (χ1n) is 8.90. The molecular formula is C20H25FN4O. The van der Waals surface area contributed by atoms with Crippen LogP contribution in [-0.2, 0) is 11.3 Å². The Morgan fingerprint density at radius 3 is 2.58 bits per heavy atom. The highest BCUT2D eigenvalue weighted by atomic mass is 19.1. The molecule has 138 valence electrons. The van der Waals surface area contributed by atoms with Crippen LogP contribution in [0, 0.1) is 11.7 Å². The van der Waals surface area contributed by atoms with Crippen molar-refractivity contribution in [1.82, 2.24) is 15.8 Å². The lowest BCUT2D eigenvalue weighted by molar-refractivity contribution is -0.118. The molecule has 0 saturated carbocycles. The molecule has 1 aliphatic heterocycles. The second-order valence-electron chi connectivity index (χ2n) is 6.75. The van der Waals surface area contributed by atoms with E-state index in [2.05, 4.69) is 27.9 Å². The minimum atomic E-state index is -0.291. The van der Waals surface area contributed by atoms with Crippen LogP contribution >= 0.6 is 0 Å². The summed E-state index contributed by atoms with van der Waals surface area (Å²) in [4.78, 5) is 13.5. The van der Waals surface area contributed by atoms with E-state index in [1.807, 2.05) is 30.3 Å². The third-order valence-electron chi connectivity index (χ3n) is 4.74. The van der Waals surface area contributed by atoms with Gasteiger partial charge in [-0.2, -0.15) is 0 Å². The molecule has 1 fully saturated rings. The smallest absolute Gasteiger partial charge is 0.218 e. The van der Waals surface area contributed by atoms with Gasteiger partial charge >= 0.3 is 0 Å². The Kier molecular flexibility index (Phi) is 6.33. The molecule has 1 aliphatic rings. The molecule has 2 atom stereocenters. The van der Waals surface area contributed by atoms with Crippen LogP contribution in [0.2, 0.25) is 0 Å². The summed E-state index contributed by atoms with van der Waals surface area (Å²) < 4.78 is 13.2. The normalized spacial score (nSPS) is 19.8. The highest BCUT2D eigenvalue weighted by Gasteiger charge is 2.29. The monoisotopic (exact) mass is 356 g/mol. The second-order valence-corrected chi connectivity index (χ2v) is 6.75. The molecule has 0 aromatic heterocycles. The molecule has 2 aromatic rings. The number of amides is 1. The van der Waals surface area contributed by atoms with E-state index in [9.17, 15) is 9.18 Å². The van der Waals surface area contributed by atoms with Crippen LogP contribution < -0.4 is 16.6 Å². The average Bonchev–Trinajstić information content (AvgIpc) is 3.09. The molecule has 1 amide bonds. The van der Waals surface area contributed by atoms with Gasteiger partial charge in [-0.1, -0.05) is 42.5 Å². The zero-order chi connectivity index (χ0) is 18.4. The van der Waals surface area contributed by atoms with Gasteiger partial charge in [-0.05, 0) is 23.3 Å². The van der Waals surface area contributed by atoms with Gasteiger partial charge < -0.3 is 5.73 Å². The minimum absolute atomic E-state index is 0.0995. The number of primary amides is 1. The number of nitrogens with zero attached hydrogens (tertiary/aromatic N) is 1. The van der Waals surface area contributed by atoms with Crippen molar-refractivity contribution in [2.24, 2.45) is 11.7 Å². The Balaban J connectivity index is 1.69. The lowest BCUT2D eigenvalue weighted by Crippen LogP contribution is -2.35. The molecule has 4 N–H and O–H groups in total. The van der Waals surface area contributed by atoms with E-state index in [4.69, 9.17) is 5.73 Å². The van der Waals surface area contributed by atoms with Crippen molar-refractivity contribution in [1.29, 1.82) is 0 Å². The van der Waals surface area contributed by atoms with Gasteiger partial charge in [-0.15, -0.1) is 0 Å². The SMILES string of the molecule is NC(=O)CCN(Cc1ccccc1)CC1CNNC1c1ccc(F)cc1. The average molecular weight is 356 g/mol. The molecule has 5 nitrogen and oxygen atoms in total. The highest BCUT2D eigenvalue weighted by molar-refractivity contribution is 5.73. The maximum atomic E-state index is 13.2. The Labute approximate surface area is 153 Å². The van der Waals surface area contributed by atoms with E-state index in [1.54, 1.807) is 0 Å². The quantitative estimate of drug-likeness (QED) is 0.676. The molecule has 0 radical (unpaired) electrons. The van der Waals surface area contributed by atoms with E-state index in [0.29, 0.717) is 18.9 Å². The fourth-order valence-corrected chi connectivity index (χ4v) is 3.41. The predicted molar refractivity (Wildman–Crippen MR) is 99.3 cm³/mol. The van der Waals surface area contributed by atoms with Gasteiger partial charge in [0.15, 0.2) is 0 Å². The second kappa shape index (κ2) is 8.89. The van der Waals surface area contributed by atoms with Gasteiger partial charge in [-0.25, -0.2) is 9.82 Å². The van der Waals surface area contributed by atoms with Gasteiger partial charge in [0.1, 0.15) is 5.82 Å². The third-order valence-corrected chi connectivity index (χ3v) is 4.74. The number of carbonyl (C=O) groups excluding carboxylic acids is 1. The number of nitrogens with one attached hydrogen (secondary N) is 2. The number of benzene rings is 2. The molecule has 26 heavy (non-hydrogen) atoms. The largest absolute Gasteiger partial charge is 0.370 e. The topological polar surface area (TPSA) is 70.4 Å². The Hall–Kier alpha value is -2.28. The van der Waals surface area contributed by atoms with Crippen molar-refractivity contribution in [3.05, 3.63) is 71.5 Å². The third kappa shape index (κ3) is 5.11. The lowest BCUT2D eigenvalue weighted by atomic mass is 9.94. The molecule has 0 spiro atoms. The molecule has 0 bridgehead atoms. The van der Waals surface area contributed by atoms with Gasteiger partial charge in [0.25, 0.3) is 0 Å². The van der Waals surface area contributed by atoms with Gasteiger partial charge in [0, 0.05) is 38.5 Å². The van der Waals surface area contributed by atoms with E-state index < -0.39 is 0 Å². The molecule has 2 aromatic carbocycles.